The third-order valence-electron chi connectivity index (χ3n) is 4.97. The molecule has 1 saturated heterocycles. The maximum absolute atomic E-state index is 13.3. The van der Waals surface area contributed by atoms with Crippen LogP contribution in [0.1, 0.15) is 43.7 Å². The molecular formula is C20H21FN4O3. The Bertz CT molecular complexity index is 1000. The van der Waals surface area contributed by atoms with Gasteiger partial charge in [-0.15, -0.1) is 0 Å². The largest absolute Gasteiger partial charge is 0.460 e. The first-order chi connectivity index (χ1) is 13.6. The van der Waals surface area contributed by atoms with Gasteiger partial charge in [0.15, 0.2) is 0 Å². The van der Waals surface area contributed by atoms with Crippen molar-refractivity contribution in [2.75, 3.05) is 18.1 Å². The maximum atomic E-state index is 13.3. The lowest BCUT2D eigenvalue weighted by Crippen LogP contribution is -2.38. The molecule has 0 bridgehead atoms. The van der Waals surface area contributed by atoms with Gasteiger partial charge in [0.25, 0.3) is 5.71 Å². The van der Waals surface area contributed by atoms with E-state index in [9.17, 15) is 9.18 Å². The molecule has 4 rings (SSSR count). The molecule has 0 radical (unpaired) electrons. The molecule has 0 unspecified atom stereocenters. The number of aromatic nitrogens is 3. The summed E-state index contributed by atoms with van der Waals surface area (Å²) in [5.74, 6) is -0.387. The molecule has 28 heavy (non-hydrogen) atoms. The summed E-state index contributed by atoms with van der Waals surface area (Å²) in [6, 6.07) is 6.25. The Morgan fingerprint density at radius 3 is 2.79 bits per heavy atom. The Morgan fingerprint density at radius 1 is 1.29 bits per heavy atom. The van der Waals surface area contributed by atoms with Crippen molar-refractivity contribution in [1.82, 2.24) is 15.1 Å². The van der Waals surface area contributed by atoms with Crippen molar-refractivity contribution in [1.29, 1.82) is 0 Å². The van der Waals surface area contributed by atoms with Crippen LogP contribution in [0.4, 0.5) is 10.2 Å². The number of carbonyl (C=O) groups is 1. The second-order valence-electron chi connectivity index (χ2n) is 6.85. The van der Waals surface area contributed by atoms with Gasteiger partial charge in [-0.1, -0.05) is 5.16 Å². The minimum absolute atomic E-state index is 0.0519. The number of rotatable bonds is 4. The Labute approximate surface area is 161 Å². The summed E-state index contributed by atoms with van der Waals surface area (Å²) >= 11 is 0. The van der Waals surface area contributed by atoms with E-state index in [2.05, 4.69) is 26.9 Å². The van der Waals surface area contributed by atoms with Crippen molar-refractivity contribution in [2.24, 2.45) is 0 Å². The Morgan fingerprint density at radius 2 is 2.07 bits per heavy atom. The second kappa shape index (κ2) is 7.53. The monoisotopic (exact) mass is 384 g/mol. The molecule has 7 nitrogen and oxygen atoms in total. The minimum Gasteiger partial charge on any atom is -0.460 e. The number of piperidine rings is 1. The van der Waals surface area contributed by atoms with E-state index in [1.165, 1.54) is 12.1 Å². The molecule has 0 N–H and O–H groups in total. The molecular weight excluding hydrogens is 363 g/mol. The Kier molecular flexibility index (Phi) is 4.93. The van der Waals surface area contributed by atoms with Crippen LogP contribution in [0.3, 0.4) is 0 Å². The highest BCUT2D eigenvalue weighted by Crippen LogP contribution is 2.36. The predicted molar refractivity (Wildman–Crippen MR) is 102 cm³/mol. The van der Waals surface area contributed by atoms with Crippen molar-refractivity contribution in [3.63, 3.8) is 0 Å². The Balaban J connectivity index is 1.91. The average Bonchev–Trinajstić information content (AvgIpc) is 3.13. The zero-order chi connectivity index (χ0) is 19.7. The van der Waals surface area contributed by atoms with Crippen LogP contribution in [0, 0.1) is 5.82 Å². The molecule has 146 valence electrons. The molecule has 1 aliphatic rings. The first-order valence-corrected chi connectivity index (χ1v) is 9.45. The van der Waals surface area contributed by atoms with Crippen LogP contribution in [0.5, 0.6) is 0 Å². The van der Waals surface area contributed by atoms with Gasteiger partial charge in [-0.25, -0.2) is 14.2 Å². The van der Waals surface area contributed by atoms with E-state index in [1.54, 1.807) is 19.1 Å². The van der Waals surface area contributed by atoms with Gasteiger partial charge in [-0.2, -0.15) is 4.98 Å². The van der Waals surface area contributed by atoms with Gasteiger partial charge in [0.05, 0.1) is 6.61 Å². The van der Waals surface area contributed by atoms with E-state index >= 15 is 0 Å². The predicted octanol–water partition coefficient (Wildman–Crippen LogP) is 3.98. The van der Waals surface area contributed by atoms with E-state index in [1.807, 2.05) is 0 Å². The Hall–Kier alpha value is -3.03. The number of ether oxygens (including phenoxy) is 1. The summed E-state index contributed by atoms with van der Waals surface area (Å²) in [4.78, 5) is 23.2. The SMILES string of the molecule is CCOC(=O)c1nc(N2CCCC[C@@H]2C)c2c(-c3ccc(F)cc3)noc2n1. The number of halogens is 1. The van der Waals surface area contributed by atoms with Gasteiger partial charge in [0.2, 0.25) is 5.82 Å². The first kappa shape index (κ1) is 18.3. The summed E-state index contributed by atoms with van der Waals surface area (Å²) in [5.41, 5.74) is 1.43. The number of hydrogen-bond donors (Lipinski definition) is 0. The summed E-state index contributed by atoms with van der Waals surface area (Å²) in [6.07, 6.45) is 3.20. The van der Waals surface area contributed by atoms with Crippen molar-refractivity contribution < 1.29 is 18.4 Å². The number of anilines is 1. The summed E-state index contributed by atoms with van der Waals surface area (Å²) in [5, 5.41) is 4.76. The van der Waals surface area contributed by atoms with Crippen LogP contribution in [-0.4, -0.2) is 40.3 Å². The molecule has 1 fully saturated rings. The third-order valence-corrected chi connectivity index (χ3v) is 4.97. The van der Waals surface area contributed by atoms with Gasteiger partial charge in [-0.3, -0.25) is 0 Å². The molecule has 3 aromatic rings. The quantitative estimate of drug-likeness (QED) is 0.629. The highest BCUT2D eigenvalue weighted by Gasteiger charge is 2.28. The summed E-state index contributed by atoms with van der Waals surface area (Å²) in [7, 11) is 0. The molecule has 0 amide bonds. The second-order valence-corrected chi connectivity index (χ2v) is 6.85. The van der Waals surface area contributed by atoms with Gasteiger partial charge in [0.1, 0.15) is 22.7 Å². The highest BCUT2D eigenvalue weighted by molar-refractivity contribution is 6.00. The fourth-order valence-corrected chi connectivity index (χ4v) is 3.55. The van der Waals surface area contributed by atoms with E-state index in [0.717, 1.165) is 25.8 Å². The zero-order valence-electron chi connectivity index (χ0n) is 15.8. The number of fused-ring (bicyclic) bond motifs is 1. The molecule has 8 heteroatoms. The number of benzene rings is 1. The molecule has 0 saturated carbocycles. The summed E-state index contributed by atoms with van der Waals surface area (Å²) in [6.45, 7) is 4.89. The third kappa shape index (κ3) is 3.30. The van der Waals surface area contributed by atoms with Crippen LogP contribution in [0.2, 0.25) is 0 Å². The lowest BCUT2D eigenvalue weighted by molar-refractivity contribution is 0.0512. The van der Waals surface area contributed by atoms with E-state index < -0.39 is 5.97 Å². The number of hydrogen-bond acceptors (Lipinski definition) is 7. The lowest BCUT2D eigenvalue weighted by Gasteiger charge is -2.34. The molecule has 1 aliphatic heterocycles. The van der Waals surface area contributed by atoms with Crippen molar-refractivity contribution in [2.45, 2.75) is 39.2 Å². The zero-order valence-corrected chi connectivity index (χ0v) is 15.8. The molecule has 3 heterocycles. The molecule has 1 atom stereocenters. The van der Waals surface area contributed by atoms with Crippen LogP contribution >= 0.6 is 0 Å². The smallest absolute Gasteiger partial charge is 0.376 e. The van der Waals surface area contributed by atoms with Crippen LogP contribution < -0.4 is 4.90 Å². The fourth-order valence-electron chi connectivity index (χ4n) is 3.55. The van der Waals surface area contributed by atoms with E-state index in [4.69, 9.17) is 9.26 Å². The summed E-state index contributed by atoms with van der Waals surface area (Å²) < 4.78 is 23.9. The van der Waals surface area contributed by atoms with Gasteiger partial charge in [-0.05, 0) is 57.4 Å². The molecule has 0 spiro atoms. The van der Waals surface area contributed by atoms with Gasteiger partial charge >= 0.3 is 5.97 Å². The topological polar surface area (TPSA) is 81.4 Å². The van der Waals surface area contributed by atoms with E-state index in [0.29, 0.717) is 22.5 Å². The molecule has 0 aliphatic carbocycles. The van der Waals surface area contributed by atoms with Crippen molar-refractivity contribution in [3.05, 3.63) is 35.9 Å². The van der Waals surface area contributed by atoms with Crippen LogP contribution in [0.25, 0.3) is 22.4 Å². The molecule has 1 aromatic carbocycles. The van der Waals surface area contributed by atoms with Gasteiger partial charge in [0, 0.05) is 18.2 Å². The lowest BCUT2D eigenvalue weighted by atomic mass is 10.0. The molecule has 2 aromatic heterocycles. The van der Waals surface area contributed by atoms with Crippen LogP contribution in [0.15, 0.2) is 28.8 Å². The normalized spacial score (nSPS) is 17.1. The van der Waals surface area contributed by atoms with Crippen molar-refractivity contribution >= 4 is 22.9 Å². The average molecular weight is 384 g/mol. The minimum atomic E-state index is -0.602. The van der Waals surface area contributed by atoms with Crippen LogP contribution in [-0.2, 0) is 4.74 Å². The standard InChI is InChI=1S/C20H21FN4O3/c1-3-27-20(26)17-22-18(25-11-5-4-6-12(25)2)15-16(24-28-19(15)23-17)13-7-9-14(21)10-8-13/h7-10,12H,3-6,11H2,1-2H3/t12-/m0/s1. The number of carbonyl (C=O) groups excluding carboxylic acids is 1. The highest BCUT2D eigenvalue weighted by atomic mass is 19.1. The first-order valence-electron chi connectivity index (χ1n) is 9.45. The van der Waals surface area contributed by atoms with Crippen molar-refractivity contribution in [3.8, 4) is 11.3 Å². The maximum Gasteiger partial charge on any atom is 0.376 e. The van der Waals surface area contributed by atoms with E-state index in [-0.39, 0.29) is 30.0 Å². The number of esters is 1. The number of nitrogens with zero attached hydrogens (tertiary/aromatic N) is 4. The fraction of sp³-hybridized carbons (Fsp3) is 0.400. The van der Waals surface area contributed by atoms with Gasteiger partial charge < -0.3 is 14.2 Å².